The van der Waals surface area contributed by atoms with Crippen LogP contribution >= 0.6 is 0 Å². The monoisotopic (exact) mass is 340 g/mol. The van der Waals surface area contributed by atoms with Gasteiger partial charge in [-0.15, -0.1) is 0 Å². The van der Waals surface area contributed by atoms with Gasteiger partial charge in [-0.05, 0) is 43.9 Å². The van der Waals surface area contributed by atoms with Gasteiger partial charge in [0.2, 0.25) is 0 Å². The number of aliphatic hydroxyl groups is 1. The third kappa shape index (κ3) is 3.50. The molecule has 25 heavy (non-hydrogen) atoms. The van der Waals surface area contributed by atoms with Gasteiger partial charge in [0.25, 0.3) is 0 Å². The Balaban J connectivity index is 1.38. The van der Waals surface area contributed by atoms with Crippen LogP contribution in [0.4, 0.5) is 0 Å². The van der Waals surface area contributed by atoms with Crippen LogP contribution < -0.4 is 0 Å². The summed E-state index contributed by atoms with van der Waals surface area (Å²) in [6.45, 7) is 4.79. The molecule has 134 valence electrons. The number of H-pyrrole nitrogens is 1. The topological polar surface area (TPSA) is 55.4 Å². The molecule has 1 aromatic heterocycles. The molecule has 2 saturated heterocycles. The number of nitrogens with one attached hydrogen (secondary N) is 1. The van der Waals surface area contributed by atoms with Crippen molar-refractivity contribution in [2.45, 2.75) is 43.9 Å². The summed E-state index contributed by atoms with van der Waals surface area (Å²) in [5, 5.41) is 18.1. The van der Waals surface area contributed by atoms with E-state index in [4.69, 9.17) is 0 Å². The molecule has 5 nitrogen and oxygen atoms in total. The van der Waals surface area contributed by atoms with Crippen molar-refractivity contribution in [3.8, 4) is 0 Å². The summed E-state index contributed by atoms with van der Waals surface area (Å²) in [6.07, 6.45) is 5.96. The number of β-amino-alcohol motifs (C(OH)–C–C–N with tert-alkyl or cyclic N) is 1. The molecule has 2 atom stereocenters. The molecule has 0 radical (unpaired) electrons. The zero-order chi connectivity index (χ0) is 17.1. The smallest absolute Gasteiger partial charge is 0.0851 e. The third-order valence-corrected chi connectivity index (χ3v) is 6.05. The van der Waals surface area contributed by atoms with Gasteiger partial charge in [-0.25, -0.2) is 0 Å². The fraction of sp³-hybridized carbons (Fsp3) is 0.550. The molecule has 0 bridgehead atoms. The first-order valence-corrected chi connectivity index (χ1v) is 9.44. The second kappa shape index (κ2) is 7.28. The van der Waals surface area contributed by atoms with Crippen molar-refractivity contribution in [3.05, 3.63) is 53.9 Å². The van der Waals surface area contributed by atoms with Crippen LogP contribution in [0, 0.1) is 0 Å². The maximum Gasteiger partial charge on any atom is 0.0851 e. The zero-order valence-electron chi connectivity index (χ0n) is 14.8. The van der Waals surface area contributed by atoms with Crippen LogP contribution in [0.5, 0.6) is 0 Å². The Morgan fingerprint density at radius 3 is 2.80 bits per heavy atom. The molecule has 5 heteroatoms. The number of hydrogen-bond donors (Lipinski definition) is 2. The van der Waals surface area contributed by atoms with Crippen molar-refractivity contribution in [2.24, 2.45) is 0 Å². The first-order valence-electron chi connectivity index (χ1n) is 9.44. The Bertz CT molecular complexity index is 660. The van der Waals surface area contributed by atoms with Gasteiger partial charge in [0, 0.05) is 43.6 Å². The van der Waals surface area contributed by atoms with E-state index in [2.05, 4.69) is 50.3 Å². The molecular formula is C20H28N4O. The Kier molecular flexibility index (Phi) is 4.88. The van der Waals surface area contributed by atoms with Gasteiger partial charge in [-0.2, -0.15) is 5.10 Å². The molecule has 3 heterocycles. The van der Waals surface area contributed by atoms with Gasteiger partial charge in [0.05, 0.1) is 6.10 Å². The number of aliphatic hydroxyl groups excluding tert-OH is 1. The SMILES string of the molecule is O[C@H]1CN(Cc2ccn[nH]2)CC[C@@]12CCCN2CCc1ccccc1. The lowest BCUT2D eigenvalue weighted by Gasteiger charge is -2.48. The summed E-state index contributed by atoms with van der Waals surface area (Å²) in [4.78, 5) is 4.91. The van der Waals surface area contributed by atoms with Crippen LogP contribution in [0.2, 0.25) is 0 Å². The Labute approximate surface area is 149 Å². The normalized spacial score (nSPS) is 28.0. The van der Waals surface area contributed by atoms with Crippen molar-refractivity contribution in [1.82, 2.24) is 20.0 Å². The summed E-state index contributed by atoms with van der Waals surface area (Å²) in [5.74, 6) is 0. The number of aromatic nitrogens is 2. The van der Waals surface area contributed by atoms with Gasteiger partial charge in [-0.1, -0.05) is 30.3 Å². The summed E-state index contributed by atoms with van der Waals surface area (Å²) >= 11 is 0. The fourth-order valence-corrected chi connectivity index (χ4v) is 4.64. The highest BCUT2D eigenvalue weighted by Crippen LogP contribution is 2.39. The van der Waals surface area contributed by atoms with E-state index in [-0.39, 0.29) is 11.6 Å². The minimum atomic E-state index is -0.276. The lowest BCUT2D eigenvalue weighted by Crippen LogP contribution is -2.61. The maximum absolute atomic E-state index is 11.0. The van der Waals surface area contributed by atoms with E-state index < -0.39 is 0 Å². The molecular weight excluding hydrogens is 312 g/mol. The van der Waals surface area contributed by atoms with Crippen LogP contribution in [0.3, 0.4) is 0 Å². The molecule has 4 rings (SSSR count). The van der Waals surface area contributed by atoms with Gasteiger partial charge in [0.1, 0.15) is 0 Å². The third-order valence-electron chi connectivity index (χ3n) is 6.05. The lowest BCUT2D eigenvalue weighted by atomic mass is 9.82. The predicted molar refractivity (Wildman–Crippen MR) is 98.2 cm³/mol. The number of hydrogen-bond acceptors (Lipinski definition) is 4. The molecule has 0 aliphatic carbocycles. The van der Waals surface area contributed by atoms with Crippen molar-refractivity contribution < 1.29 is 5.11 Å². The van der Waals surface area contributed by atoms with E-state index >= 15 is 0 Å². The van der Waals surface area contributed by atoms with Gasteiger partial charge >= 0.3 is 0 Å². The highest BCUT2D eigenvalue weighted by Gasteiger charge is 2.48. The zero-order valence-corrected chi connectivity index (χ0v) is 14.8. The second-order valence-electron chi connectivity index (χ2n) is 7.51. The summed E-state index contributed by atoms with van der Waals surface area (Å²) in [7, 11) is 0. The standard InChI is InChI=1S/C20H28N4O/c25-19-16-23(15-18-7-11-21-22-18)14-10-20(19)9-4-12-24(20)13-8-17-5-2-1-3-6-17/h1-3,5-7,11,19,25H,4,8-10,12-16H2,(H,21,22)/t19-,20-/m0/s1. The Hall–Kier alpha value is -1.69. The summed E-state index contributed by atoms with van der Waals surface area (Å²) in [6, 6.07) is 12.7. The van der Waals surface area contributed by atoms with Crippen LogP contribution in [-0.2, 0) is 13.0 Å². The molecule has 2 aliphatic rings. The van der Waals surface area contributed by atoms with E-state index in [1.165, 1.54) is 12.0 Å². The highest BCUT2D eigenvalue weighted by molar-refractivity contribution is 5.15. The Morgan fingerprint density at radius 2 is 2.04 bits per heavy atom. The number of nitrogens with zero attached hydrogens (tertiary/aromatic N) is 3. The number of piperidine rings is 1. The van der Waals surface area contributed by atoms with Crippen molar-refractivity contribution in [2.75, 3.05) is 26.2 Å². The van der Waals surface area contributed by atoms with Crippen LogP contribution in [0.1, 0.15) is 30.5 Å². The fourth-order valence-electron chi connectivity index (χ4n) is 4.64. The van der Waals surface area contributed by atoms with Crippen molar-refractivity contribution in [1.29, 1.82) is 0 Å². The highest BCUT2D eigenvalue weighted by atomic mass is 16.3. The average molecular weight is 340 g/mol. The predicted octanol–water partition coefficient (Wildman–Crippen LogP) is 2.05. The van der Waals surface area contributed by atoms with Crippen LogP contribution in [0.15, 0.2) is 42.6 Å². The van der Waals surface area contributed by atoms with Crippen LogP contribution in [-0.4, -0.2) is 62.9 Å². The van der Waals surface area contributed by atoms with E-state index in [9.17, 15) is 5.11 Å². The number of aromatic amines is 1. The lowest BCUT2D eigenvalue weighted by molar-refractivity contribution is -0.0651. The molecule has 0 saturated carbocycles. The van der Waals surface area contributed by atoms with Gasteiger partial charge in [-0.3, -0.25) is 14.9 Å². The minimum absolute atomic E-state index is 0.0146. The van der Waals surface area contributed by atoms with Crippen molar-refractivity contribution >= 4 is 0 Å². The quantitative estimate of drug-likeness (QED) is 0.875. The molecule has 1 aromatic carbocycles. The molecule has 2 N–H and O–H groups in total. The largest absolute Gasteiger partial charge is 0.390 e. The molecule has 0 amide bonds. The average Bonchev–Trinajstić information content (AvgIpc) is 3.28. The minimum Gasteiger partial charge on any atom is -0.390 e. The first kappa shape index (κ1) is 16.8. The molecule has 1 spiro atoms. The molecule has 2 fully saturated rings. The van der Waals surface area contributed by atoms with Gasteiger partial charge < -0.3 is 5.11 Å². The van der Waals surface area contributed by atoms with E-state index in [1.807, 2.05) is 6.07 Å². The molecule has 2 aromatic rings. The van der Waals surface area contributed by atoms with E-state index in [0.29, 0.717) is 0 Å². The summed E-state index contributed by atoms with van der Waals surface area (Å²) < 4.78 is 0. The van der Waals surface area contributed by atoms with E-state index in [1.54, 1.807) is 6.20 Å². The molecule has 0 unspecified atom stereocenters. The number of benzene rings is 1. The first-order chi connectivity index (χ1) is 12.3. The van der Waals surface area contributed by atoms with Crippen LogP contribution in [0.25, 0.3) is 0 Å². The van der Waals surface area contributed by atoms with Gasteiger partial charge in [0.15, 0.2) is 0 Å². The Morgan fingerprint density at radius 1 is 1.16 bits per heavy atom. The van der Waals surface area contributed by atoms with Crippen molar-refractivity contribution in [3.63, 3.8) is 0 Å². The van der Waals surface area contributed by atoms with E-state index in [0.717, 1.165) is 57.7 Å². The number of likely N-dealkylation sites (tertiary alicyclic amines) is 2. The maximum atomic E-state index is 11.0. The summed E-state index contributed by atoms with van der Waals surface area (Å²) in [5.41, 5.74) is 2.49. The second-order valence-corrected chi connectivity index (χ2v) is 7.51. The molecule has 2 aliphatic heterocycles. The number of rotatable bonds is 5.